The van der Waals surface area contributed by atoms with Crippen molar-refractivity contribution in [2.75, 3.05) is 0 Å². The zero-order valence-corrected chi connectivity index (χ0v) is 11.1. The van der Waals surface area contributed by atoms with E-state index < -0.39 is 10.1 Å². The molecule has 2 aromatic carbocycles. The summed E-state index contributed by atoms with van der Waals surface area (Å²) < 4.78 is 36.9. The Morgan fingerprint density at radius 2 is 1.74 bits per heavy atom. The fourth-order valence-corrected chi connectivity index (χ4v) is 2.63. The molecule has 0 unspecified atom stereocenters. The molecule has 4 nitrogen and oxygen atoms in total. The molecule has 0 atom stereocenters. The highest BCUT2D eigenvalue weighted by molar-refractivity contribution is 7.85. The van der Waals surface area contributed by atoms with Crippen molar-refractivity contribution >= 4 is 20.9 Å². The third-order valence-corrected chi connectivity index (χ3v) is 4.29. The first-order chi connectivity index (χ1) is 9.02. The molecule has 1 aliphatic carbocycles. The van der Waals surface area contributed by atoms with Crippen LogP contribution in [-0.2, 0) is 10.1 Å². The first-order valence-electron chi connectivity index (χ1n) is 6.20. The third kappa shape index (κ3) is 2.57. The largest absolute Gasteiger partial charge is 0.490 e. The summed E-state index contributed by atoms with van der Waals surface area (Å²) >= 11 is 0. The molecule has 0 amide bonds. The number of benzene rings is 2. The number of hydrogen-bond donors (Lipinski definition) is 1. The van der Waals surface area contributed by atoms with Crippen molar-refractivity contribution < 1.29 is 17.7 Å². The summed E-state index contributed by atoms with van der Waals surface area (Å²) in [5.74, 6) is 0.803. The second kappa shape index (κ2) is 4.51. The van der Waals surface area contributed by atoms with Crippen molar-refractivity contribution in [3.05, 3.63) is 36.4 Å². The van der Waals surface area contributed by atoms with Gasteiger partial charge in [-0.1, -0.05) is 12.1 Å². The molecule has 0 aromatic heterocycles. The minimum atomic E-state index is -4.15. The van der Waals surface area contributed by atoms with Gasteiger partial charge in [-0.05, 0) is 54.3 Å². The summed E-state index contributed by atoms with van der Waals surface area (Å²) in [7, 11) is -4.15. The molecular weight excluding hydrogens is 264 g/mol. The smallest absolute Gasteiger partial charge is 0.294 e. The van der Waals surface area contributed by atoms with E-state index in [-0.39, 0.29) is 4.90 Å². The van der Waals surface area contributed by atoms with E-state index >= 15 is 0 Å². The number of ether oxygens (including phenoxy) is 1. The van der Waals surface area contributed by atoms with Gasteiger partial charge in [0.2, 0.25) is 0 Å². The van der Waals surface area contributed by atoms with Crippen molar-refractivity contribution in [1.29, 1.82) is 0 Å². The van der Waals surface area contributed by atoms with Crippen molar-refractivity contribution in [2.24, 2.45) is 0 Å². The van der Waals surface area contributed by atoms with Gasteiger partial charge in [0.1, 0.15) is 5.75 Å². The molecular formula is C14H14O4S. The van der Waals surface area contributed by atoms with Crippen molar-refractivity contribution in [1.82, 2.24) is 0 Å². The fourth-order valence-electron chi connectivity index (χ4n) is 2.12. The van der Waals surface area contributed by atoms with Gasteiger partial charge in [-0.15, -0.1) is 0 Å². The molecule has 5 heteroatoms. The molecule has 1 N–H and O–H groups in total. The van der Waals surface area contributed by atoms with Gasteiger partial charge in [0.15, 0.2) is 0 Å². The molecule has 0 aliphatic heterocycles. The van der Waals surface area contributed by atoms with E-state index in [4.69, 9.17) is 9.29 Å². The van der Waals surface area contributed by atoms with Gasteiger partial charge in [0, 0.05) is 0 Å². The van der Waals surface area contributed by atoms with Gasteiger partial charge in [-0.25, -0.2) is 0 Å². The predicted octanol–water partition coefficient (Wildman–Crippen LogP) is 3.02. The van der Waals surface area contributed by atoms with Gasteiger partial charge in [0.05, 0.1) is 11.0 Å². The van der Waals surface area contributed by atoms with E-state index in [0.717, 1.165) is 29.4 Å². The topological polar surface area (TPSA) is 63.6 Å². The third-order valence-electron chi connectivity index (χ3n) is 3.44. The average molecular weight is 278 g/mol. The van der Waals surface area contributed by atoms with Gasteiger partial charge in [-0.2, -0.15) is 8.42 Å². The summed E-state index contributed by atoms with van der Waals surface area (Å²) in [5.41, 5.74) is 0. The van der Waals surface area contributed by atoms with Crippen LogP contribution in [0.4, 0.5) is 0 Å². The van der Waals surface area contributed by atoms with Gasteiger partial charge in [0.25, 0.3) is 10.1 Å². The van der Waals surface area contributed by atoms with Gasteiger partial charge >= 0.3 is 0 Å². The van der Waals surface area contributed by atoms with Crippen LogP contribution in [0.25, 0.3) is 10.8 Å². The molecule has 0 spiro atoms. The lowest BCUT2D eigenvalue weighted by atomic mass is 9.96. The highest BCUT2D eigenvalue weighted by Crippen LogP contribution is 2.28. The summed E-state index contributed by atoms with van der Waals surface area (Å²) in [5, 5.41) is 1.65. The zero-order valence-electron chi connectivity index (χ0n) is 10.2. The molecule has 3 rings (SSSR count). The Hall–Kier alpha value is -1.59. The Kier molecular flexibility index (Phi) is 2.95. The number of rotatable bonds is 3. The van der Waals surface area contributed by atoms with Crippen molar-refractivity contribution in [3.8, 4) is 5.75 Å². The molecule has 19 heavy (non-hydrogen) atoms. The Morgan fingerprint density at radius 1 is 1.05 bits per heavy atom. The fraction of sp³-hybridized carbons (Fsp3) is 0.286. The van der Waals surface area contributed by atoms with Crippen LogP contribution < -0.4 is 4.74 Å². The Labute approximate surface area is 111 Å². The predicted molar refractivity (Wildman–Crippen MR) is 72.0 cm³/mol. The first kappa shape index (κ1) is 12.4. The molecule has 2 aromatic rings. The summed E-state index contributed by atoms with van der Waals surface area (Å²) in [6, 6.07) is 10.0. The first-order valence-corrected chi connectivity index (χ1v) is 7.64. The molecule has 1 aliphatic rings. The molecule has 0 heterocycles. The standard InChI is InChI=1S/C14H14O4S/c15-19(16,17)14-7-5-10-8-13(6-4-11(10)9-14)18-12-2-1-3-12/h4-9,12H,1-3H2,(H,15,16,17). The minimum absolute atomic E-state index is 0.0901. The van der Waals surface area contributed by atoms with Gasteiger partial charge < -0.3 is 4.74 Å². The highest BCUT2D eigenvalue weighted by Gasteiger charge is 2.19. The zero-order chi connectivity index (χ0) is 13.5. The lowest BCUT2D eigenvalue weighted by Gasteiger charge is -2.26. The van der Waals surface area contributed by atoms with Crippen LogP contribution in [0, 0.1) is 0 Å². The van der Waals surface area contributed by atoms with Crippen LogP contribution >= 0.6 is 0 Å². The molecule has 100 valence electrons. The van der Waals surface area contributed by atoms with E-state index in [1.54, 1.807) is 12.1 Å². The number of hydrogen-bond acceptors (Lipinski definition) is 3. The maximum absolute atomic E-state index is 11.1. The monoisotopic (exact) mass is 278 g/mol. The van der Waals surface area contributed by atoms with E-state index in [2.05, 4.69) is 0 Å². The maximum Gasteiger partial charge on any atom is 0.294 e. The number of fused-ring (bicyclic) bond motifs is 1. The second-order valence-electron chi connectivity index (χ2n) is 4.82. The average Bonchev–Trinajstić information content (AvgIpc) is 2.32. The normalized spacial score (nSPS) is 16.3. The maximum atomic E-state index is 11.1. The van der Waals surface area contributed by atoms with Crippen molar-refractivity contribution in [3.63, 3.8) is 0 Å². The van der Waals surface area contributed by atoms with E-state index in [1.165, 1.54) is 18.6 Å². The lowest BCUT2D eigenvalue weighted by molar-refractivity contribution is 0.120. The van der Waals surface area contributed by atoms with Crippen LogP contribution in [0.3, 0.4) is 0 Å². The Morgan fingerprint density at radius 3 is 2.37 bits per heavy atom. The molecule has 0 saturated heterocycles. The molecule has 0 bridgehead atoms. The van der Waals surface area contributed by atoms with E-state index in [9.17, 15) is 8.42 Å². The quantitative estimate of drug-likeness (QED) is 0.877. The summed E-state index contributed by atoms with van der Waals surface area (Å²) in [6.45, 7) is 0. The lowest BCUT2D eigenvalue weighted by Crippen LogP contribution is -2.24. The van der Waals surface area contributed by atoms with E-state index in [0.29, 0.717) is 6.10 Å². The highest BCUT2D eigenvalue weighted by atomic mass is 32.2. The Bertz CT molecular complexity index is 717. The van der Waals surface area contributed by atoms with Crippen LogP contribution in [-0.4, -0.2) is 19.1 Å². The molecule has 0 radical (unpaired) electrons. The molecule has 1 fully saturated rings. The van der Waals surface area contributed by atoms with Crippen LogP contribution in [0.1, 0.15) is 19.3 Å². The van der Waals surface area contributed by atoms with Crippen LogP contribution in [0.15, 0.2) is 41.3 Å². The van der Waals surface area contributed by atoms with Gasteiger partial charge in [-0.3, -0.25) is 4.55 Å². The second-order valence-corrected chi connectivity index (χ2v) is 6.24. The molecule has 1 saturated carbocycles. The van der Waals surface area contributed by atoms with E-state index in [1.807, 2.05) is 12.1 Å². The SMILES string of the molecule is O=S(=O)(O)c1ccc2cc(OC3CCC3)ccc2c1. The summed E-state index contributed by atoms with van der Waals surface area (Å²) in [6.07, 6.45) is 3.73. The van der Waals surface area contributed by atoms with Crippen LogP contribution in [0.5, 0.6) is 5.75 Å². The Balaban J connectivity index is 1.95. The summed E-state index contributed by atoms with van der Waals surface area (Å²) in [4.78, 5) is -0.0901. The van der Waals surface area contributed by atoms with Crippen molar-refractivity contribution in [2.45, 2.75) is 30.3 Å². The van der Waals surface area contributed by atoms with Crippen LogP contribution in [0.2, 0.25) is 0 Å². The minimum Gasteiger partial charge on any atom is -0.490 e.